The number of aromatic nitrogens is 1. The smallest absolute Gasteiger partial charge is 0.233 e. The van der Waals surface area contributed by atoms with Gasteiger partial charge in [-0.25, -0.2) is 4.98 Å². The van der Waals surface area contributed by atoms with E-state index in [1.165, 1.54) is 11.3 Å². The molecule has 3 aromatic rings. The number of carbonyl (C=O) groups excluding carboxylic acids is 1. The van der Waals surface area contributed by atoms with Crippen LogP contribution in [-0.4, -0.2) is 62.3 Å². The monoisotopic (exact) mass is 509 g/mol. The molecule has 1 amide bonds. The fourth-order valence-corrected chi connectivity index (χ4v) is 5.22. The first-order valence-electron chi connectivity index (χ1n) is 10.8. The second-order valence-corrected chi connectivity index (χ2v) is 9.33. The largest absolute Gasteiger partial charge is 0.494 e. The van der Waals surface area contributed by atoms with Crippen LogP contribution >= 0.6 is 35.3 Å². The minimum absolute atomic E-state index is 0. The summed E-state index contributed by atoms with van der Waals surface area (Å²) in [7, 11) is 1.62. The molecule has 0 N–H and O–H groups in total. The lowest BCUT2D eigenvalue weighted by Gasteiger charge is -2.27. The second-order valence-electron chi connectivity index (χ2n) is 7.94. The minimum atomic E-state index is 0. The Hall–Kier alpha value is -1.90. The molecule has 4 rings (SSSR count). The fourth-order valence-electron chi connectivity index (χ4n) is 3.92. The molecule has 0 unspecified atom stereocenters. The summed E-state index contributed by atoms with van der Waals surface area (Å²) in [4.78, 5) is 22.4. The molecule has 33 heavy (non-hydrogen) atoms. The highest BCUT2D eigenvalue weighted by Gasteiger charge is 2.22. The average molecular weight is 510 g/mol. The van der Waals surface area contributed by atoms with Crippen LogP contribution in [0.1, 0.15) is 17.5 Å². The predicted molar refractivity (Wildman–Crippen MR) is 138 cm³/mol. The number of amides is 1. The van der Waals surface area contributed by atoms with Crippen molar-refractivity contribution in [3.63, 3.8) is 0 Å². The molecule has 6 nitrogen and oxygen atoms in total. The maximum absolute atomic E-state index is 13.4. The van der Waals surface area contributed by atoms with E-state index in [0.717, 1.165) is 55.1 Å². The number of hydrogen-bond donors (Lipinski definition) is 0. The SMILES string of the molecule is COc1ccc(Cl)c2sc(N(CCCN3CCOCC3)C(=O)Cc3cccc(C)c3)nc12.Cl. The summed E-state index contributed by atoms with van der Waals surface area (Å²) in [6, 6.07) is 11.7. The first kappa shape index (κ1) is 25.7. The lowest BCUT2D eigenvalue weighted by molar-refractivity contribution is -0.118. The Morgan fingerprint density at radius 2 is 2.06 bits per heavy atom. The van der Waals surface area contributed by atoms with Gasteiger partial charge in [0.15, 0.2) is 5.13 Å². The van der Waals surface area contributed by atoms with Crippen LogP contribution in [-0.2, 0) is 16.0 Å². The summed E-state index contributed by atoms with van der Waals surface area (Å²) < 4.78 is 11.7. The zero-order valence-corrected chi connectivity index (χ0v) is 21.3. The van der Waals surface area contributed by atoms with Gasteiger partial charge in [-0.05, 0) is 31.0 Å². The quantitative estimate of drug-likeness (QED) is 0.428. The molecule has 1 aliphatic heterocycles. The van der Waals surface area contributed by atoms with Gasteiger partial charge in [-0.3, -0.25) is 14.6 Å². The number of carbonyl (C=O) groups is 1. The van der Waals surface area contributed by atoms with Crippen LogP contribution in [0.2, 0.25) is 5.02 Å². The van der Waals surface area contributed by atoms with Crippen LogP contribution < -0.4 is 9.64 Å². The third-order valence-electron chi connectivity index (χ3n) is 5.60. The Bertz CT molecular complexity index is 1090. The number of nitrogens with zero attached hydrogens (tertiary/aromatic N) is 3. The third kappa shape index (κ3) is 6.37. The first-order chi connectivity index (χ1) is 15.5. The van der Waals surface area contributed by atoms with Crippen molar-refractivity contribution >= 4 is 56.6 Å². The summed E-state index contributed by atoms with van der Waals surface area (Å²) in [5.41, 5.74) is 2.84. The van der Waals surface area contributed by atoms with Crippen LogP contribution in [0.15, 0.2) is 36.4 Å². The number of fused-ring (bicyclic) bond motifs is 1. The van der Waals surface area contributed by atoms with E-state index in [0.29, 0.717) is 34.4 Å². The number of benzene rings is 2. The van der Waals surface area contributed by atoms with Crippen LogP contribution in [0.5, 0.6) is 5.75 Å². The van der Waals surface area contributed by atoms with Crippen molar-refractivity contribution in [3.05, 3.63) is 52.5 Å². The molecule has 178 valence electrons. The number of aryl methyl sites for hydroxylation is 1. The molecular formula is C24H29Cl2N3O3S. The summed E-state index contributed by atoms with van der Waals surface area (Å²) in [6.45, 7) is 6.97. The number of hydrogen-bond acceptors (Lipinski definition) is 6. The van der Waals surface area contributed by atoms with Gasteiger partial charge >= 0.3 is 0 Å². The van der Waals surface area contributed by atoms with E-state index in [1.54, 1.807) is 7.11 Å². The number of thiazole rings is 1. The van der Waals surface area contributed by atoms with Gasteiger partial charge in [0.25, 0.3) is 0 Å². The number of methoxy groups -OCH3 is 1. The van der Waals surface area contributed by atoms with Crippen molar-refractivity contribution in [3.8, 4) is 5.75 Å². The number of anilines is 1. The lowest BCUT2D eigenvalue weighted by atomic mass is 10.1. The van der Waals surface area contributed by atoms with Gasteiger partial charge in [0.05, 0.1) is 36.5 Å². The Kier molecular flexibility index (Phi) is 9.35. The molecule has 1 aliphatic rings. The van der Waals surface area contributed by atoms with Crippen LogP contribution in [0, 0.1) is 6.92 Å². The van der Waals surface area contributed by atoms with Crippen molar-refractivity contribution in [2.45, 2.75) is 19.8 Å². The Balaban J connectivity index is 0.00000306. The fraction of sp³-hybridized carbons (Fsp3) is 0.417. The highest BCUT2D eigenvalue weighted by molar-refractivity contribution is 7.23. The summed E-state index contributed by atoms with van der Waals surface area (Å²) in [5.74, 6) is 0.693. The van der Waals surface area contributed by atoms with Gasteiger partial charge in [-0.15, -0.1) is 12.4 Å². The second kappa shape index (κ2) is 12.0. The van der Waals surface area contributed by atoms with Crippen molar-refractivity contribution < 1.29 is 14.3 Å². The first-order valence-corrected chi connectivity index (χ1v) is 12.0. The minimum Gasteiger partial charge on any atom is -0.494 e. The van der Waals surface area contributed by atoms with Crippen LogP contribution in [0.4, 0.5) is 5.13 Å². The Morgan fingerprint density at radius 3 is 2.79 bits per heavy atom. The Morgan fingerprint density at radius 1 is 1.27 bits per heavy atom. The van der Waals surface area contributed by atoms with Gasteiger partial charge in [-0.1, -0.05) is 52.8 Å². The molecule has 1 saturated heterocycles. The van der Waals surface area contributed by atoms with Gasteiger partial charge in [0.1, 0.15) is 11.3 Å². The van der Waals surface area contributed by atoms with Crippen molar-refractivity contribution in [1.29, 1.82) is 0 Å². The zero-order chi connectivity index (χ0) is 22.5. The number of rotatable bonds is 8. The maximum Gasteiger partial charge on any atom is 0.233 e. The van der Waals surface area contributed by atoms with E-state index in [-0.39, 0.29) is 18.3 Å². The van der Waals surface area contributed by atoms with Crippen LogP contribution in [0.3, 0.4) is 0 Å². The van der Waals surface area contributed by atoms with Gasteiger partial charge in [0.2, 0.25) is 5.91 Å². The van der Waals surface area contributed by atoms with Crippen molar-refractivity contribution in [2.24, 2.45) is 0 Å². The normalized spacial score (nSPS) is 14.2. The van der Waals surface area contributed by atoms with Gasteiger partial charge in [-0.2, -0.15) is 0 Å². The lowest BCUT2D eigenvalue weighted by Crippen LogP contribution is -2.39. The highest BCUT2D eigenvalue weighted by atomic mass is 35.5. The standard InChI is InChI=1S/C24H28ClN3O3S.ClH/c1-17-5-3-6-18(15-17)16-21(29)28(10-4-9-27-11-13-31-14-12-27)24-26-22-20(30-2)8-7-19(25)23(22)32-24;/h3,5-8,15H,4,9-14,16H2,1-2H3;1H. The van der Waals surface area contributed by atoms with E-state index < -0.39 is 0 Å². The topological polar surface area (TPSA) is 54.9 Å². The van der Waals surface area contributed by atoms with Crippen molar-refractivity contribution in [1.82, 2.24) is 9.88 Å². The maximum atomic E-state index is 13.4. The molecule has 0 bridgehead atoms. The number of morpholine rings is 1. The molecule has 1 aromatic heterocycles. The highest BCUT2D eigenvalue weighted by Crippen LogP contribution is 2.39. The van der Waals surface area contributed by atoms with Gasteiger partial charge < -0.3 is 9.47 Å². The van der Waals surface area contributed by atoms with E-state index in [2.05, 4.69) is 11.0 Å². The van der Waals surface area contributed by atoms with E-state index >= 15 is 0 Å². The molecule has 0 radical (unpaired) electrons. The molecule has 9 heteroatoms. The van der Waals surface area contributed by atoms with Crippen LogP contribution in [0.25, 0.3) is 10.2 Å². The molecule has 0 atom stereocenters. The molecule has 0 aliphatic carbocycles. The number of halogens is 2. The average Bonchev–Trinajstić information content (AvgIpc) is 3.23. The molecule has 2 aromatic carbocycles. The number of ether oxygens (including phenoxy) is 2. The molecule has 0 spiro atoms. The zero-order valence-electron chi connectivity index (χ0n) is 18.9. The molecule has 0 saturated carbocycles. The summed E-state index contributed by atoms with van der Waals surface area (Å²) in [5, 5.41) is 1.27. The summed E-state index contributed by atoms with van der Waals surface area (Å²) >= 11 is 7.87. The predicted octanol–water partition coefficient (Wildman–Crippen LogP) is 4.99. The molecular weight excluding hydrogens is 481 g/mol. The van der Waals surface area contributed by atoms with Gasteiger partial charge in [0, 0.05) is 26.2 Å². The molecule has 1 fully saturated rings. The summed E-state index contributed by atoms with van der Waals surface area (Å²) in [6.07, 6.45) is 1.19. The third-order valence-corrected chi connectivity index (χ3v) is 7.14. The van der Waals surface area contributed by atoms with E-state index in [4.69, 9.17) is 26.1 Å². The van der Waals surface area contributed by atoms with Crippen molar-refractivity contribution in [2.75, 3.05) is 51.4 Å². The van der Waals surface area contributed by atoms with E-state index in [1.807, 2.05) is 42.2 Å². The Labute approximate surface area is 209 Å². The van der Waals surface area contributed by atoms with E-state index in [9.17, 15) is 4.79 Å². The molecule has 2 heterocycles.